The number of anilines is 1. The summed E-state index contributed by atoms with van der Waals surface area (Å²) in [5.74, 6) is -1.10. The van der Waals surface area contributed by atoms with Crippen LogP contribution in [0.1, 0.15) is 24.4 Å². The summed E-state index contributed by atoms with van der Waals surface area (Å²) in [6.07, 6.45) is 3.39. The zero-order valence-electron chi connectivity index (χ0n) is 13.5. The third-order valence-electron chi connectivity index (χ3n) is 4.48. The fourth-order valence-electron chi connectivity index (χ4n) is 3.28. The van der Waals surface area contributed by atoms with Gasteiger partial charge in [0.05, 0.1) is 23.4 Å². The van der Waals surface area contributed by atoms with Crippen LogP contribution in [0.15, 0.2) is 53.4 Å². The molecule has 6 heteroatoms. The number of hydrogen-bond acceptors (Lipinski definition) is 4. The lowest BCUT2D eigenvalue weighted by Crippen LogP contribution is -2.39. The van der Waals surface area contributed by atoms with Crippen LogP contribution >= 0.6 is 11.3 Å². The van der Waals surface area contributed by atoms with E-state index in [1.165, 1.54) is 0 Å². The molecule has 1 fully saturated rings. The smallest absolute Gasteiger partial charge is 0.313 e. The van der Waals surface area contributed by atoms with Crippen molar-refractivity contribution in [1.29, 1.82) is 0 Å². The number of benzene rings is 1. The van der Waals surface area contributed by atoms with Crippen LogP contribution in [0.4, 0.5) is 5.69 Å². The molecule has 0 radical (unpaired) electrons. The van der Waals surface area contributed by atoms with Crippen molar-refractivity contribution in [3.8, 4) is 0 Å². The maximum absolute atomic E-state index is 12.6. The van der Waals surface area contributed by atoms with Gasteiger partial charge in [0.2, 0.25) is 0 Å². The van der Waals surface area contributed by atoms with Crippen LogP contribution in [0, 0.1) is 0 Å². The first-order chi connectivity index (χ1) is 12.2. The first kappa shape index (κ1) is 15.8. The number of nitrogens with zero attached hydrogens (tertiary/aromatic N) is 2. The van der Waals surface area contributed by atoms with Crippen LogP contribution in [0.2, 0.25) is 0 Å². The molecule has 0 bridgehead atoms. The van der Waals surface area contributed by atoms with Gasteiger partial charge in [0, 0.05) is 11.9 Å². The number of thiophene rings is 1. The van der Waals surface area contributed by atoms with E-state index in [9.17, 15) is 9.59 Å². The van der Waals surface area contributed by atoms with Gasteiger partial charge in [-0.1, -0.05) is 18.2 Å². The SMILES string of the molecule is O=C(Nc1cnc2ccccc2c1)C(=O)N1CCCC1c1ccsc1. The standard InChI is InChI=1S/C19H17N3O2S/c23-18(21-15-10-13-4-1-2-5-16(13)20-11-15)19(24)22-8-3-6-17(22)14-7-9-25-12-14/h1-2,4-5,7,9-12,17H,3,6,8H2,(H,21,23). The van der Waals surface area contributed by atoms with Crippen molar-refractivity contribution in [2.75, 3.05) is 11.9 Å². The molecule has 1 saturated heterocycles. The molecule has 1 aliphatic heterocycles. The first-order valence-electron chi connectivity index (χ1n) is 8.21. The average Bonchev–Trinajstić information content (AvgIpc) is 3.32. The van der Waals surface area contributed by atoms with Crippen LogP contribution in [0.5, 0.6) is 0 Å². The lowest BCUT2D eigenvalue weighted by Gasteiger charge is -2.23. The minimum atomic E-state index is -0.612. The summed E-state index contributed by atoms with van der Waals surface area (Å²) >= 11 is 1.61. The van der Waals surface area contributed by atoms with Crippen molar-refractivity contribution in [2.45, 2.75) is 18.9 Å². The highest BCUT2D eigenvalue weighted by Crippen LogP contribution is 2.33. The van der Waals surface area contributed by atoms with E-state index < -0.39 is 11.8 Å². The highest BCUT2D eigenvalue weighted by atomic mass is 32.1. The molecule has 1 atom stereocenters. The number of carbonyl (C=O) groups is 2. The number of rotatable bonds is 2. The predicted octanol–water partition coefficient (Wildman–Crippen LogP) is 3.60. The summed E-state index contributed by atoms with van der Waals surface area (Å²) in [5.41, 5.74) is 2.49. The Kier molecular flexibility index (Phi) is 4.19. The molecule has 1 unspecified atom stereocenters. The van der Waals surface area contributed by atoms with Gasteiger partial charge in [0.15, 0.2) is 0 Å². The maximum Gasteiger partial charge on any atom is 0.313 e. The van der Waals surface area contributed by atoms with Crippen LogP contribution in [0.3, 0.4) is 0 Å². The highest BCUT2D eigenvalue weighted by Gasteiger charge is 2.33. The third-order valence-corrected chi connectivity index (χ3v) is 5.19. The summed E-state index contributed by atoms with van der Waals surface area (Å²) in [7, 11) is 0. The molecule has 3 aromatic rings. The van der Waals surface area contributed by atoms with Gasteiger partial charge in [-0.15, -0.1) is 0 Å². The van der Waals surface area contributed by atoms with Gasteiger partial charge >= 0.3 is 11.8 Å². The van der Waals surface area contributed by atoms with E-state index in [2.05, 4.69) is 10.3 Å². The average molecular weight is 351 g/mol. The zero-order valence-corrected chi connectivity index (χ0v) is 14.3. The van der Waals surface area contributed by atoms with Gasteiger partial charge in [0.1, 0.15) is 0 Å². The largest absolute Gasteiger partial charge is 0.327 e. The normalized spacial score (nSPS) is 17.0. The van der Waals surface area contributed by atoms with E-state index in [0.29, 0.717) is 12.2 Å². The minimum Gasteiger partial charge on any atom is -0.327 e. The molecule has 2 amide bonds. The van der Waals surface area contributed by atoms with Crippen LogP contribution in [-0.2, 0) is 9.59 Å². The molecule has 0 spiro atoms. The van der Waals surface area contributed by atoms with Crippen LogP contribution < -0.4 is 5.32 Å². The number of para-hydroxylation sites is 1. The van der Waals surface area contributed by atoms with Crippen molar-refractivity contribution in [3.05, 3.63) is 58.9 Å². The summed E-state index contributed by atoms with van der Waals surface area (Å²) in [6.45, 7) is 0.614. The van der Waals surface area contributed by atoms with Gasteiger partial charge in [-0.2, -0.15) is 11.3 Å². The fourth-order valence-corrected chi connectivity index (χ4v) is 3.98. The van der Waals surface area contributed by atoms with E-state index in [0.717, 1.165) is 29.3 Å². The zero-order chi connectivity index (χ0) is 17.2. The summed E-state index contributed by atoms with van der Waals surface area (Å²) in [4.78, 5) is 31.0. The number of carbonyl (C=O) groups excluding carboxylic acids is 2. The van der Waals surface area contributed by atoms with E-state index in [4.69, 9.17) is 0 Å². The highest BCUT2D eigenvalue weighted by molar-refractivity contribution is 7.08. The molecular formula is C19H17N3O2S. The van der Waals surface area contributed by atoms with Crippen molar-refractivity contribution in [2.24, 2.45) is 0 Å². The van der Waals surface area contributed by atoms with Gasteiger partial charge in [-0.05, 0) is 47.4 Å². The topological polar surface area (TPSA) is 62.3 Å². The number of pyridine rings is 1. The lowest BCUT2D eigenvalue weighted by molar-refractivity contribution is -0.143. The second kappa shape index (κ2) is 6.64. The molecule has 2 aromatic heterocycles. The van der Waals surface area contributed by atoms with Gasteiger partial charge < -0.3 is 10.2 Å². The molecule has 1 aliphatic rings. The Morgan fingerprint density at radius 2 is 2.12 bits per heavy atom. The summed E-state index contributed by atoms with van der Waals surface area (Å²) in [6, 6.07) is 11.5. The van der Waals surface area contributed by atoms with E-state index in [-0.39, 0.29) is 6.04 Å². The van der Waals surface area contributed by atoms with Crippen LogP contribution in [-0.4, -0.2) is 28.2 Å². The Labute approximate surface area is 149 Å². The quantitative estimate of drug-likeness (QED) is 0.718. The third kappa shape index (κ3) is 3.13. The molecule has 25 heavy (non-hydrogen) atoms. The van der Waals surface area contributed by atoms with Gasteiger partial charge in [-0.25, -0.2) is 0 Å². The van der Waals surface area contributed by atoms with Crippen molar-refractivity contribution < 1.29 is 9.59 Å². The molecule has 1 aromatic carbocycles. The Bertz CT molecular complexity index is 923. The number of likely N-dealkylation sites (tertiary alicyclic amines) is 1. The molecule has 1 N–H and O–H groups in total. The number of amides is 2. The predicted molar refractivity (Wildman–Crippen MR) is 98.4 cm³/mol. The number of hydrogen-bond donors (Lipinski definition) is 1. The molecular weight excluding hydrogens is 334 g/mol. The monoisotopic (exact) mass is 351 g/mol. The Morgan fingerprint density at radius 3 is 2.96 bits per heavy atom. The molecule has 0 saturated carbocycles. The number of fused-ring (bicyclic) bond motifs is 1. The van der Waals surface area contributed by atoms with Crippen molar-refractivity contribution in [3.63, 3.8) is 0 Å². The maximum atomic E-state index is 12.6. The number of nitrogens with one attached hydrogen (secondary N) is 1. The molecule has 126 valence electrons. The van der Waals surface area contributed by atoms with Crippen molar-refractivity contribution in [1.82, 2.24) is 9.88 Å². The van der Waals surface area contributed by atoms with E-state index in [1.54, 1.807) is 22.4 Å². The second-order valence-corrected chi connectivity index (χ2v) is 6.86. The summed E-state index contributed by atoms with van der Waals surface area (Å²) < 4.78 is 0. The fraction of sp³-hybridized carbons (Fsp3) is 0.211. The number of aromatic nitrogens is 1. The Balaban J connectivity index is 1.50. The van der Waals surface area contributed by atoms with E-state index >= 15 is 0 Å². The first-order valence-corrected chi connectivity index (χ1v) is 9.15. The lowest BCUT2D eigenvalue weighted by atomic mass is 10.1. The molecule has 0 aliphatic carbocycles. The van der Waals surface area contributed by atoms with E-state index in [1.807, 2.05) is 47.2 Å². The van der Waals surface area contributed by atoms with Gasteiger partial charge in [-0.3, -0.25) is 14.6 Å². The van der Waals surface area contributed by atoms with Gasteiger partial charge in [0.25, 0.3) is 0 Å². The molecule has 3 heterocycles. The minimum absolute atomic E-state index is 0.000714. The Morgan fingerprint density at radius 1 is 1.24 bits per heavy atom. The van der Waals surface area contributed by atoms with Crippen molar-refractivity contribution >= 4 is 39.7 Å². The molecule has 4 rings (SSSR count). The second-order valence-electron chi connectivity index (χ2n) is 6.08. The van der Waals surface area contributed by atoms with Crippen LogP contribution in [0.25, 0.3) is 10.9 Å². The summed E-state index contributed by atoms with van der Waals surface area (Å²) in [5, 5.41) is 7.65. The Hall–Kier alpha value is -2.73. The molecule has 5 nitrogen and oxygen atoms in total.